The van der Waals surface area contributed by atoms with Crippen molar-refractivity contribution in [3.63, 3.8) is 0 Å². The van der Waals surface area contributed by atoms with Gasteiger partial charge in [-0.3, -0.25) is 4.79 Å². The molecule has 132 valence electrons. The van der Waals surface area contributed by atoms with Gasteiger partial charge in [0.05, 0.1) is 5.92 Å². The average molecular weight is 347 g/mol. The smallest absolute Gasteiger partial charge is 0.433 e. The molecule has 11 heteroatoms. The molecule has 0 saturated carbocycles. The fourth-order valence-corrected chi connectivity index (χ4v) is 2.20. The second-order valence-corrected chi connectivity index (χ2v) is 5.19. The number of carboxylic acid groups (broad SMARTS) is 1. The monoisotopic (exact) mass is 347 g/mol. The molecular weight excluding hydrogens is 331 g/mol. The van der Waals surface area contributed by atoms with Crippen molar-refractivity contribution in [3.05, 3.63) is 18.0 Å². The second kappa shape index (κ2) is 7.32. The van der Waals surface area contributed by atoms with Gasteiger partial charge in [0.25, 0.3) is 0 Å². The number of hydrogen-bond acceptors (Lipinski definition) is 5. The number of amides is 2. The molecule has 1 aromatic heterocycles. The quantitative estimate of drug-likeness (QED) is 0.687. The van der Waals surface area contributed by atoms with Crippen LogP contribution in [0.4, 0.5) is 23.9 Å². The summed E-state index contributed by atoms with van der Waals surface area (Å²) in [4.78, 5) is 31.0. The first-order valence-electron chi connectivity index (χ1n) is 7.17. The van der Waals surface area contributed by atoms with Crippen LogP contribution in [0.2, 0.25) is 0 Å². The zero-order valence-corrected chi connectivity index (χ0v) is 12.5. The highest BCUT2D eigenvalue weighted by Crippen LogP contribution is 2.27. The number of hydrogen-bond donors (Lipinski definition) is 3. The fraction of sp³-hybridized carbons (Fsp3) is 0.538. The van der Waals surface area contributed by atoms with Crippen LogP contribution in [0.1, 0.15) is 12.1 Å². The number of nitrogens with one attached hydrogen (secondary N) is 2. The average Bonchev–Trinajstić information content (AvgIpc) is 3.01. The number of carbonyl (C=O) groups excluding carboxylic acids is 1. The van der Waals surface area contributed by atoms with Crippen molar-refractivity contribution in [1.82, 2.24) is 20.2 Å². The molecule has 1 fully saturated rings. The summed E-state index contributed by atoms with van der Waals surface area (Å²) in [5.74, 6) is -1.69. The third-order valence-corrected chi connectivity index (χ3v) is 3.46. The number of urea groups is 1. The predicted octanol–water partition coefficient (Wildman–Crippen LogP) is 1.02. The number of anilines is 1. The summed E-state index contributed by atoms with van der Waals surface area (Å²) in [5, 5.41) is 14.0. The number of aliphatic carboxylic acids is 1. The molecule has 8 nitrogen and oxygen atoms in total. The second-order valence-electron chi connectivity index (χ2n) is 5.19. The Bertz CT molecular complexity index is 611. The van der Waals surface area contributed by atoms with E-state index in [0.29, 0.717) is 13.0 Å². The fourth-order valence-electron chi connectivity index (χ4n) is 2.20. The minimum absolute atomic E-state index is 0.128. The molecule has 2 amide bonds. The molecule has 0 bridgehead atoms. The maximum atomic E-state index is 12.5. The molecule has 1 unspecified atom stereocenters. The van der Waals surface area contributed by atoms with E-state index in [2.05, 4.69) is 20.6 Å². The number of alkyl halides is 3. The van der Waals surface area contributed by atoms with Gasteiger partial charge in [-0.25, -0.2) is 14.8 Å². The van der Waals surface area contributed by atoms with E-state index in [1.54, 1.807) is 0 Å². The standard InChI is InChI=1S/C13H16F3N5O3/c14-13(15,16)9-1-3-17-11(20-9)18-4-5-19-12(24)21-6-2-8(7-21)10(22)23/h1,3,8H,2,4-7H2,(H,19,24)(H,22,23)(H,17,18,20). The molecule has 0 spiro atoms. The van der Waals surface area contributed by atoms with Crippen molar-refractivity contribution < 1.29 is 27.9 Å². The molecule has 1 saturated heterocycles. The van der Waals surface area contributed by atoms with E-state index in [9.17, 15) is 22.8 Å². The van der Waals surface area contributed by atoms with Crippen molar-refractivity contribution in [2.24, 2.45) is 5.92 Å². The summed E-state index contributed by atoms with van der Waals surface area (Å²) < 4.78 is 37.5. The molecule has 1 aliphatic heterocycles. The van der Waals surface area contributed by atoms with Gasteiger partial charge in [0.1, 0.15) is 5.69 Å². The number of likely N-dealkylation sites (tertiary alicyclic amines) is 1. The van der Waals surface area contributed by atoms with Crippen LogP contribution in [0.5, 0.6) is 0 Å². The molecular formula is C13H16F3N5O3. The SMILES string of the molecule is O=C(O)C1CCN(C(=O)NCCNc2nccc(C(F)(F)F)n2)C1. The molecule has 1 aliphatic rings. The number of carbonyl (C=O) groups is 2. The highest BCUT2D eigenvalue weighted by atomic mass is 19.4. The van der Waals surface area contributed by atoms with Crippen LogP contribution in [0.15, 0.2) is 12.3 Å². The Morgan fingerprint density at radius 2 is 2.12 bits per heavy atom. The van der Waals surface area contributed by atoms with E-state index < -0.39 is 29.8 Å². The molecule has 3 N–H and O–H groups in total. The van der Waals surface area contributed by atoms with E-state index in [1.807, 2.05) is 0 Å². The Kier molecular flexibility index (Phi) is 5.42. The zero-order chi connectivity index (χ0) is 17.7. The van der Waals surface area contributed by atoms with E-state index in [4.69, 9.17) is 5.11 Å². The summed E-state index contributed by atoms with van der Waals surface area (Å²) in [6, 6.07) is 0.352. The number of rotatable bonds is 5. The summed E-state index contributed by atoms with van der Waals surface area (Å²) in [6.07, 6.45) is -3.16. The lowest BCUT2D eigenvalue weighted by molar-refractivity contribution is -0.142. The van der Waals surface area contributed by atoms with E-state index in [0.717, 1.165) is 12.3 Å². The van der Waals surface area contributed by atoms with Gasteiger partial charge < -0.3 is 20.6 Å². The van der Waals surface area contributed by atoms with Crippen molar-refractivity contribution in [2.45, 2.75) is 12.6 Å². The number of halogens is 3. The minimum atomic E-state index is -4.55. The Morgan fingerprint density at radius 3 is 2.75 bits per heavy atom. The Morgan fingerprint density at radius 1 is 1.38 bits per heavy atom. The van der Waals surface area contributed by atoms with E-state index >= 15 is 0 Å². The first-order valence-corrected chi connectivity index (χ1v) is 7.17. The lowest BCUT2D eigenvalue weighted by Crippen LogP contribution is -2.40. The first-order chi connectivity index (χ1) is 11.3. The maximum absolute atomic E-state index is 12.5. The third kappa shape index (κ3) is 4.70. The first kappa shape index (κ1) is 17.8. The van der Waals surface area contributed by atoms with Gasteiger partial charge in [0.2, 0.25) is 5.95 Å². The minimum Gasteiger partial charge on any atom is -0.481 e. The number of aromatic nitrogens is 2. The van der Waals surface area contributed by atoms with Crippen LogP contribution in [0, 0.1) is 5.92 Å². The highest BCUT2D eigenvalue weighted by Gasteiger charge is 2.33. The Labute approximate surface area is 135 Å². The van der Waals surface area contributed by atoms with Crippen LogP contribution in [-0.2, 0) is 11.0 Å². The van der Waals surface area contributed by atoms with Gasteiger partial charge in [-0.05, 0) is 12.5 Å². The lowest BCUT2D eigenvalue weighted by atomic mass is 10.1. The molecule has 1 aromatic rings. The van der Waals surface area contributed by atoms with Gasteiger partial charge >= 0.3 is 18.2 Å². The van der Waals surface area contributed by atoms with Gasteiger partial charge in [-0.2, -0.15) is 13.2 Å². The van der Waals surface area contributed by atoms with Gasteiger partial charge in [0, 0.05) is 32.4 Å². The van der Waals surface area contributed by atoms with Crippen molar-refractivity contribution in [3.8, 4) is 0 Å². The van der Waals surface area contributed by atoms with Crippen molar-refractivity contribution in [1.29, 1.82) is 0 Å². The summed E-state index contributed by atoms with van der Waals surface area (Å²) in [5.41, 5.74) is -1.05. The van der Waals surface area contributed by atoms with Crippen molar-refractivity contribution in [2.75, 3.05) is 31.5 Å². The summed E-state index contributed by atoms with van der Waals surface area (Å²) in [7, 11) is 0. The van der Waals surface area contributed by atoms with Crippen LogP contribution in [0.25, 0.3) is 0 Å². The third-order valence-electron chi connectivity index (χ3n) is 3.46. The number of carboxylic acids is 1. The highest BCUT2D eigenvalue weighted by molar-refractivity contribution is 5.77. The molecule has 0 radical (unpaired) electrons. The molecule has 1 atom stereocenters. The largest absolute Gasteiger partial charge is 0.481 e. The number of nitrogens with zero attached hydrogens (tertiary/aromatic N) is 3. The van der Waals surface area contributed by atoms with Crippen LogP contribution < -0.4 is 10.6 Å². The zero-order valence-electron chi connectivity index (χ0n) is 12.5. The van der Waals surface area contributed by atoms with Crippen LogP contribution in [-0.4, -0.2) is 58.2 Å². The molecule has 0 aliphatic carbocycles. The Balaban J connectivity index is 1.73. The van der Waals surface area contributed by atoms with E-state index in [1.165, 1.54) is 4.90 Å². The molecule has 24 heavy (non-hydrogen) atoms. The molecule has 2 heterocycles. The Hall–Kier alpha value is -2.59. The lowest BCUT2D eigenvalue weighted by Gasteiger charge is -2.16. The molecule has 0 aromatic carbocycles. The summed E-state index contributed by atoms with van der Waals surface area (Å²) >= 11 is 0. The maximum Gasteiger partial charge on any atom is 0.433 e. The van der Waals surface area contributed by atoms with E-state index in [-0.39, 0.29) is 25.6 Å². The normalized spacial score (nSPS) is 17.6. The molecule has 2 rings (SSSR count). The van der Waals surface area contributed by atoms with Gasteiger partial charge in [-0.15, -0.1) is 0 Å². The van der Waals surface area contributed by atoms with Gasteiger partial charge in [-0.1, -0.05) is 0 Å². The van der Waals surface area contributed by atoms with Crippen LogP contribution >= 0.6 is 0 Å². The van der Waals surface area contributed by atoms with Gasteiger partial charge in [0.15, 0.2) is 0 Å². The van der Waals surface area contributed by atoms with Crippen LogP contribution in [0.3, 0.4) is 0 Å². The summed E-state index contributed by atoms with van der Waals surface area (Å²) in [6.45, 7) is 0.758. The predicted molar refractivity (Wildman–Crippen MR) is 76.2 cm³/mol. The topological polar surface area (TPSA) is 107 Å². The van der Waals surface area contributed by atoms with Crippen molar-refractivity contribution >= 4 is 17.9 Å².